The van der Waals surface area contributed by atoms with Crippen LogP contribution >= 0.6 is 0 Å². The molecule has 0 aliphatic heterocycles. The minimum absolute atomic E-state index is 0.138. The number of hydrogen-bond acceptors (Lipinski definition) is 3. The summed E-state index contributed by atoms with van der Waals surface area (Å²) in [6, 6.07) is 24.2. The van der Waals surface area contributed by atoms with Gasteiger partial charge in [0.2, 0.25) is 5.91 Å². The van der Waals surface area contributed by atoms with Gasteiger partial charge >= 0.3 is 0 Å². The molecule has 150 valence electrons. The molecular formula is C25H22N2O3. The number of methoxy groups -OCH3 is 1. The molecule has 0 fully saturated rings. The quantitative estimate of drug-likeness (QED) is 0.528. The van der Waals surface area contributed by atoms with Gasteiger partial charge in [0, 0.05) is 18.0 Å². The predicted octanol–water partition coefficient (Wildman–Crippen LogP) is 4.74. The molecule has 5 heteroatoms. The number of aromatic nitrogens is 1. The number of benzene rings is 3. The Bertz CT molecular complexity index is 1260. The maximum Gasteiger partial charge on any atom is 0.255 e. The Hall–Kier alpha value is -3.86. The molecule has 3 aromatic carbocycles. The van der Waals surface area contributed by atoms with Crippen molar-refractivity contribution in [3.05, 3.63) is 101 Å². The minimum atomic E-state index is -0.353. The van der Waals surface area contributed by atoms with Crippen LogP contribution in [0.3, 0.4) is 0 Å². The maximum atomic E-state index is 12.9. The average Bonchev–Trinajstić information content (AvgIpc) is 2.79. The van der Waals surface area contributed by atoms with Gasteiger partial charge in [-0.25, -0.2) is 0 Å². The lowest BCUT2D eigenvalue weighted by atomic mass is 9.97. The first-order valence-electron chi connectivity index (χ1n) is 9.72. The number of carbonyl (C=O) groups excluding carboxylic acids is 1. The van der Waals surface area contributed by atoms with E-state index in [0.717, 1.165) is 27.8 Å². The molecule has 1 N–H and O–H groups in total. The highest BCUT2D eigenvalue weighted by molar-refractivity contribution is 5.96. The zero-order valence-electron chi connectivity index (χ0n) is 16.8. The van der Waals surface area contributed by atoms with Gasteiger partial charge in [-0.05, 0) is 53.6 Å². The van der Waals surface area contributed by atoms with E-state index in [9.17, 15) is 9.59 Å². The molecule has 0 aliphatic rings. The molecule has 0 bridgehead atoms. The first-order chi connectivity index (χ1) is 14.5. The fourth-order valence-corrected chi connectivity index (χ4v) is 3.39. The first kappa shape index (κ1) is 19.5. The predicted molar refractivity (Wildman–Crippen MR) is 120 cm³/mol. The maximum absolute atomic E-state index is 12.9. The van der Waals surface area contributed by atoms with E-state index in [1.807, 2.05) is 73.7 Å². The first-order valence-corrected chi connectivity index (χ1v) is 9.72. The molecule has 0 saturated heterocycles. The molecule has 0 saturated carbocycles. The summed E-state index contributed by atoms with van der Waals surface area (Å²) >= 11 is 0. The number of nitrogens with zero attached hydrogens (tertiary/aromatic N) is 1. The molecule has 5 nitrogen and oxygen atoms in total. The molecule has 0 aliphatic carbocycles. The third-order valence-electron chi connectivity index (χ3n) is 5.18. The van der Waals surface area contributed by atoms with Crippen molar-refractivity contribution >= 4 is 22.4 Å². The number of fused-ring (bicyclic) bond motifs is 1. The molecule has 1 amide bonds. The fraction of sp³-hybridized carbons (Fsp3) is 0.120. The van der Waals surface area contributed by atoms with E-state index in [4.69, 9.17) is 4.74 Å². The van der Waals surface area contributed by atoms with Gasteiger partial charge in [0.15, 0.2) is 0 Å². The van der Waals surface area contributed by atoms with Crippen molar-refractivity contribution in [2.45, 2.75) is 12.8 Å². The van der Waals surface area contributed by atoms with Crippen molar-refractivity contribution < 1.29 is 9.53 Å². The van der Waals surface area contributed by atoms with E-state index in [-0.39, 0.29) is 17.4 Å². The topological polar surface area (TPSA) is 60.3 Å². The Morgan fingerprint density at radius 2 is 1.67 bits per heavy atom. The summed E-state index contributed by atoms with van der Waals surface area (Å²) in [6.45, 7) is 1.87. The third kappa shape index (κ3) is 3.96. The van der Waals surface area contributed by atoms with Crippen LogP contribution in [0.15, 0.2) is 89.9 Å². The number of nitrogens with one attached hydrogen (secondary N) is 1. The standard InChI is InChI=1S/C25H22N2O3/c1-17(18-8-9-20-15-23(30-2)12-10-19(20)14-18)25(29)26-21-11-13-24(28)27(16-21)22-6-4-3-5-7-22/h3-17H,1-2H3,(H,26,29). The molecule has 0 radical (unpaired) electrons. The Labute approximate surface area is 174 Å². The molecule has 4 aromatic rings. The highest BCUT2D eigenvalue weighted by atomic mass is 16.5. The number of hydrogen-bond donors (Lipinski definition) is 1. The minimum Gasteiger partial charge on any atom is -0.497 e. The van der Waals surface area contributed by atoms with Crippen LogP contribution in [-0.4, -0.2) is 17.6 Å². The van der Waals surface area contributed by atoms with E-state index in [1.54, 1.807) is 19.4 Å². The van der Waals surface area contributed by atoms with Crippen molar-refractivity contribution in [3.63, 3.8) is 0 Å². The fourth-order valence-electron chi connectivity index (χ4n) is 3.39. The number of ether oxygens (including phenoxy) is 1. The molecule has 1 aromatic heterocycles. The van der Waals surface area contributed by atoms with E-state index in [1.165, 1.54) is 10.6 Å². The average molecular weight is 398 g/mol. The molecule has 0 spiro atoms. The number of para-hydroxylation sites is 1. The van der Waals surface area contributed by atoms with Crippen LogP contribution in [0.25, 0.3) is 16.5 Å². The molecular weight excluding hydrogens is 376 g/mol. The van der Waals surface area contributed by atoms with Crippen LogP contribution in [0, 0.1) is 0 Å². The second-order valence-electron chi connectivity index (χ2n) is 7.15. The van der Waals surface area contributed by atoms with Crippen LogP contribution in [-0.2, 0) is 4.79 Å². The van der Waals surface area contributed by atoms with Gasteiger partial charge in [-0.2, -0.15) is 0 Å². The largest absolute Gasteiger partial charge is 0.497 e. The lowest BCUT2D eigenvalue weighted by Gasteiger charge is -2.15. The van der Waals surface area contributed by atoms with Crippen molar-refractivity contribution in [1.29, 1.82) is 0 Å². The van der Waals surface area contributed by atoms with E-state index >= 15 is 0 Å². The molecule has 1 unspecified atom stereocenters. The van der Waals surface area contributed by atoms with Crippen molar-refractivity contribution in [3.8, 4) is 11.4 Å². The van der Waals surface area contributed by atoms with Gasteiger partial charge in [0.1, 0.15) is 5.75 Å². The molecule has 4 rings (SSSR count). The highest BCUT2D eigenvalue weighted by Gasteiger charge is 2.16. The number of pyridine rings is 1. The second-order valence-corrected chi connectivity index (χ2v) is 7.15. The van der Waals surface area contributed by atoms with Crippen LogP contribution in [0.1, 0.15) is 18.4 Å². The van der Waals surface area contributed by atoms with Gasteiger partial charge in [0.25, 0.3) is 5.56 Å². The van der Waals surface area contributed by atoms with E-state index < -0.39 is 0 Å². The lowest BCUT2D eigenvalue weighted by Crippen LogP contribution is -2.22. The van der Waals surface area contributed by atoms with Gasteiger partial charge in [-0.1, -0.05) is 42.5 Å². The van der Waals surface area contributed by atoms with Gasteiger partial charge in [-0.15, -0.1) is 0 Å². The van der Waals surface area contributed by atoms with Crippen molar-refractivity contribution in [2.24, 2.45) is 0 Å². The van der Waals surface area contributed by atoms with Crippen molar-refractivity contribution in [1.82, 2.24) is 4.57 Å². The zero-order chi connectivity index (χ0) is 21.1. The zero-order valence-corrected chi connectivity index (χ0v) is 16.8. The summed E-state index contributed by atoms with van der Waals surface area (Å²) in [6.07, 6.45) is 1.65. The van der Waals surface area contributed by atoms with Gasteiger partial charge < -0.3 is 10.1 Å². The second kappa shape index (κ2) is 8.25. The smallest absolute Gasteiger partial charge is 0.255 e. The number of amides is 1. The molecule has 30 heavy (non-hydrogen) atoms. The summed E-state index contributed by atoms with van der Waals surface area (Å²) in [5.41, 5.74) is 2.08. The van der Waals surface area contributed by atoms with Crippen molar-refractivity contribution in [2.75, 3.05) is 12.4 Å². The molecule has 1 atom stereocenters. The van der Waals surface area contributed by atoms with Crippen LogP contribution < -0.4 is 15.6 Å². The summed E-state index contributed by atoms with van der Waals surface area (Å²) in [7, 11) is 1.64. The third-order valence-corrected chi connectivity index (χ3v) is 5.18. The SMILES string of the molecule is COc1ccc2cc(C(C)C(=O)Nc3ccc(=O)n(-c4ccccc4)c3)ccc2c1. The Kier molecular flexibility index (Phi) is 5.35. The summed E-state index contributed by atoms with van der Waals surface area (Å²) < 4.78 is 6.78. The lowest BCUT2D eigenvalue weighted by molar-refractivity contribution is -0.117. The Morgan fingerprint density at radius 3 is 2.43 bits per heavy atom. The van der Waals surface area contributed by atoms with E-state index in [2.05, 4.69) is 5.32 Å². The Balaban J connectivity index is 1.56. The number of rotatable bonds is 5. The number of anilines is 1. The monoisotopic (exact) mass is 398 g/mol. The normalized spacial score (nSPS) is 11.8. The molecule has 1 heterocycles. The number of carbonyl (C=O) groups is 1. The summed E-state index contributed by atoms with van der Waals surface area (Å²) in [5, 5.41) is 5.03. The summed E-state index contributed by atoms with van der Waals surface area (Å²) in [4.78, 5) is 25.1. The van der Waals surface area contributed by atoms with Gasteiger partial charge in [0.05, 0.1) is 18.7 Å². The van der Waals surface area contributed by atoms with Crippen LogP contribution in [0.2, 0.25) is 0 Å². The van der Waals surface area contributed by atoms with Crippen LogP contribution in [0.5, 0.6) is 5.75 Å². The highest BCUT2D eigenvalue weighted by Crippen LogP contribution is 2.26. The van der Waals surface area contributed by atoms with Gasteiger partial charge in [-0.3, -0.25) is 14.2 Å². The summed E-state index contributed by atoms with van der Waals surface area (Å²) in [5.74, 6) is 0.310. The van der Waals surface area contributed by atoms with Crippen LogP contribution in [0.4, 0.5) is 5.69 Å². The Morgan fingerprint density at radius 1 is 0.933 bits per heavy atom. The van der Waals surface area contributed by atoms with E-state index in [0.29, 0.717) is 5.69 Å².